The van der Waals surface area contributed by atoms with Gasteiger partial charge in [0.2, 0.25) is 0 Å². The molecule has 3 N–H and O–H groups in total. The summed E-state index contributed by atoms with van der Waals surface area (Å²) in [5.41, 5.74) is 0.951. The molecule has 4 nitrogen and oxygen atoms in total. The molecule has 0 aromatic heterocycles. The highest BCUT2D eigenvalue weighted by Crippen LogP contribution is 1.91. The van der Waals surface area contributed by atoms with E-state index in [1.165, 1.54) is 6.92 Å². The zero-order valence-corrected chi connectivity index (χ0v) is 4.84. The van der Waals surface area contributed by atoms with Crippen LogP contribution in [0.3, 0.4) is 0 Å². The van der Waals surface area contributed by atoms with E-state index in [2.05, 4.69) is 0 Å². The fraction of sp³-hybridized carbons (Fsp3) is 0.750. The molecular formula is C4H8FNO3. The molecule has 0 bridgehead atoms. The fourth-order valence-corrected chi connectivity index (χ4v) is 0.344. The number of aliphatic hydroxyl groups is 1. The first-order valence-electron chi connectivity index (χ1n) is 2.36. The average Bonchev–Trinajstić information content (AvgIpc) is 1.64. The molecule has 0 aromatic rings. The standard InChI is InChI=1S/C4H8FNO3/c1-2(7)3(6-5)4(8)9/h2-3,6-7H,1H3,(H,8,9). The Bertz CT molecular complexity index is 106. The van der Waals surface area contributed by atoms with Crippen LogP contribution in [0, 0.1) is 0 Å². The van der Waals surface area contributed by atoms with Crippen molar-refractivity contribution in [2.45, 2.75) is 19.1 Å². The first-order valence-corrected chi connectivity index (χ1v) is 2.36. The third kappa shape index (κ3) is 2.39. The second kappa shape index (κ2) is 3.37. The van der Waals surface area contributed by atoms with E-state index in [1.807, 2.05) is 0 Å². The largest absolute Gasteiger partial charge is 0.480 e. The highest BCUT2D eigenvalue weighted by atomic mass is 19.2. The van der Waals surface area contributed by atoms with Crippen molar-refractivity contribution in [3.63, 3.8) is 0 Å². The number of aliphatic carboxylic acids is 1. The van der Waals surface area contributed by atoms with E-state index in [9.17, 15) is 9.28 Å². The molecule has 0 amide bonds. The number of aliphatic hydroxyl groups excluding tert-OH is 1. The quantitative estimate of drug-likeness (QED) is 0.449. The van der Waals surface area contributed by atoms with Crippen molar-refractivity contribution in [1.29, 1.82) is 0 Å². The topological polar surface area (TPSA) is 69.6 Å². The highest BCUT2D eigenvalue weighted by molar-refractivity contribution is 5.73. The van der Waals surface area contributed by atoms with Crippen LogP contribution in [0.4, 0.5) is 4.48 Å². The Hall–Kier alpha value is -0.680. The molecular weight excluding hydrogens is 129 g/mol. The molecule has 5 heteroatoms. The van der Waals surface area contributed by atoms with Crippen molar-refractivity contribution in [3.05, 3.63) is 0 Å². The smallest absolute Gasteiger partial charge is 0.326 e. The molecule has 0 radical (unpaired) electrons. The summed E-state index contributed by atoms with van der Waals surface area (Å²) >= 11 is 0. The minimum Gasteiger partial charge on any atom is -0.480 e. The van der Waals surface area contributed by atoms with E-state index in [-0.39, 0.29) is 0 Å². The fourth-order valence-electron chi connectivity index (χ4n) is 0.344. The lowest BCUT2D eigenvalue weighted by Crippen LogP contribution is -2.40. The summed E-state index contributed by atoms with van der Waals surface area (Å²) in [6.07, 6.45) is -1.23. The first-order chi connectivity index (χ1) is 4.09. The van der Waals surface area contributed by atoms with Gasteiger partial charge in [-0.3, -0.25) is 4.79 Å². The van der Waals surface area contributed by atoms with E-state index in [1.54, 1.807) is 0 Å². The predicted molar refractivity (Wildman–Crippen MR) is 27.3 cm³/mol. The maximum atomic E-state index is 11.4. The Morgan fingerprint density at radius 3 is 2.22 bits per heavy atom. The van der Waals surface area contributed by atoms with E-state index in [0.717, 1.165) is 5.54 Å². The number of carboxylic acid groups (broad SMARTS) is 1. The molecule has 0 aromatic carbocycles. The normalized spacial score (nSPS) is 16.8. The number of nitrogens with one attached hydrogen (secondary N) is 1. The number of carbonyl (C=O) groups is 1. The van der Waals surface area contributed by atoms with Gasteiger partial charge in [-0.05, 0) is 6.92 Å². The van der Waals surface area contributed by atoms with Crippen molar-refractivity contribution in [3.8, 4) is 0 Å². The lowest BCUT2D eigenvalue weighted by molar-refractivity contribution is -0.144. The zero-order valence-electron chi connectivity index (χ0n) is 4.84. The molecule has 0 saturated heterocycles. The van der Waals surface area contributed by atoms with Gasteiger partial charge in [0.05, 0.1) is 6.10 Å². The molecule has 2 unspecified atom stereocenters. The number of carboxylic acids is 1. The molecule has 0 aliphatic heterocycles. The molecule has 0 fully saturated rings. The van der Waals surface area contributed by atoms with Gasteiger partial charge < -0.3 is 10.2 Å². The molecule has 54 valence electrons. The Kier molecular flexibility index (Phi) is 3.11. The number of halogens is 1. The van der Waals surface area contributed by atoms with Crippen LogP contribution in [0.15, 0.2) is 0 Å². The summed E-state index contributed by atoms with van der Waals surface area (Å²) in [6.45, 7) is 1.19. The maximum Gasteiger partial charge on any atom is 0.326 e. The van der Waals surface area contributed by atoms with E-state index < -0.39 is 18.1 Å². The minimum atomic E-state index is -1.52. The van der Waals surface area contributed by atoms with Crippen LogP contribution in [0.25, 0.3) is 0 Å². The maximum absolute atomic E-state index is 11.4. The molecule has 0 aliphatic carbocycles. The van der Waals surface area contributed by atoms with Crippen LogP contribution in [0.2, 0.25) is 0 Å². The van der Waals surface area contributed by atoms with Crippen LogP contribution < -0.4 is 5.54 Å². The zero-order chi connectivity index (χ0) is 7.44. The van der Waals surface area contributed by atoms with Gasteiger partial charge in [0, 0.05) is 0 Å². The molecule has 9 heavy (non-hydrogen) atoms. The summed E-state index contributed by atoms with van der Waals surface area (Å²) < 4.78 is 11.4. The Morgan fingerprint density at radius 1 is 1.78 bits per heavy atom. The van der Waals surface area contributed by atoms with Gasteiger partial charge in [-0.15, -0.1) is 10.0 Å². The summed E-state index contributed by atoms with van der Waals surface area (Å²) in [5.74, 6) is -1.41. The minimum absolute atomic E-state index is 0.951. The SMILES string of the molecule is CC(O)C(NF)C(=O)O. The van der Waals surface area contributed by atoms with Crippen LogP contribution in [0.1, 0.15) is 6.92 Å². The average molecular weight is 137 g/mol. The molecule has 0 spiro atoms. The highest BCUT2D eigenvalue weighted by Gasteiger charge is 2.21. The van der Waals surface area contributed by atoms with Gasteiger partial charge in [0.25, 0.3) is 0 Å². The van der Waals surface area contributed by atoms with Crippen molar-refractivity contribution in [2.24, 2.45) is 0 Å². The monoisotopic (exact) mass is 137 g/mol. The Balaban J connectivity index is 3.83. The third-order valence-electron chi connectivity index (χ3n) is 0.866. The van der Waals surface area contributed by atoms with Gasteiger partial charge >= 0.3 is 5.97 Å². The predicted octanol–water partition coefficient (Wildman–Crippen LogP) is -0.706. The van der Waals surface area contributed by atoms with Gasteiger partial charge in [-0.25, -0.2) is 0 Å². The van der Waals surface area contributed by atoms with E-state index >= 15 is 0 Å². The number of hydrogen-bond donors (Lipinski definition) is 3. The van der Waals surface area contributed by atoms with Crippen molar-refractivity contribution in [1.82, 2.24) is 5.54 Å². The van der Waals surface area contributed by atoms with E-state index in [0.29, 0.717) is 0 Å². The second-order valence-corrected chi connectivity index (χ2v) is 1.67. The van der Waals surface area contributed by atoms with Crippen LogP contribution in [-0.2, 0) is 4.79 Å². The molecule has 0 heterocycles. The lowest BCUT2D eigenvalue weighted by Gasteiger charge is -2.09. The Morgan fingerprint density at radius 2 is 2.22 bits per heavy atom. The molecule has 2 atom stereocenters. The summed E-state index contributed by atoms with van der Waals surface area (Å²) in [4.78, 5) is 9.91. The van der Waals surface area contributed by atoms with Crippen LogP contribution in [0.5, 0.6) is 0 Å². The van der Waals surface area contributed by atoms with Gasteiger partial charge in [-0.2, -0.15) is 0 Å². The third-order valence-corrected chi connectivity index (χ3v) is 0.866. The van der Waals surface area contributed by atoms with Gasteiger partial charge in [-0.1, -0.05) is 0 Å². The first kappa shape index (κ1) is 8.32. The number of hydrogen-bond acceptors (Lipinski definition) is 3. The molecule has 0 saturated carbocycles. The Labute approximate surface area is 51.2 Å². The van der Waals surface area contributed by atoms with Crippen molar-refractivity contribution in [2.75, 3.05) is 0 Å². The van der Waals surface area contributed by atoms with E-state index in [4.69, 9.17) is 10.2 Å². The molecule has 0 aliphatic rings. The lowest BCUT2D eigenvalue weighted by atomic mass is 10.2. The summed E-state index contributed by atoms with van der Waals surface area (Å²) in [5, 5.41) is 16.6. The van der Waals surface area contributed by atoms with Gasteiger partial charge in [0.15, 0.2) is 6.04 Å². The van der Waals surface area contributed by atoms with Gasteiger partial charge in [0.1, 0.15) is 0 Å². The van der Waals surface area contributed by atoms with Crippen LogP contribution >= 0.6 is 0 Å². The van der Waals surface area contributed by atoms with Crippen LogP contribution in [-0.4, -0.2) is 28.3 Å². The summed E-state index contributed by atoms with van der Waals surface area (Å²) in [6, 6.07) is -1.52. The molecule has 0 rings (SSSR count). The number of rotatable bonds is 3. The van der Waals surface area contributed by atoms with Crippen molar-refractivity contribution >= 4 is 5.97 Å². The summed E-state index contributed by atoms with van der Waals surface area (Å²) in [7, 11) is 0. The second-order valence-electron chi connectivity index (χ2n) is 1.67. The van der Waals surface area contributed by atoms with Crippen molar-refractivity contribution < 1.29 is 19.5 Å².